The topological polar surface area (TPSA) is 68.0 Å². The molecule has 14 heavy (non-hydrogen) atoms. The molecule has 70 valence electrons. The fourth-order valence-electron chi connectivity index (χ4n) is 1.34. The maximum absolute atomic E-state index is 10.7. The zero-order valence-electron chi connectivity index (χ0n) is 7.40. The molecule has 1 aromatic heterocycles. The third-order valence-electron chi connectivity index (χ3n) is 1.92. The van der Waals surface area contributed by atoms with Crippen LogP contribution in [0.2, 0.25) is 0 Å². The van der Waals surface area contributed by atoms with Gasteiger partial charge >= 0.3 is 6.03 Å². The minimum Gasteiger partial charge on any atom is -0.351 e. The average Bonchev–Trinajstić information content (AvgIpc) is 2.18. The molecular formula is C10H9N3O. The first-order chi connectivity index (χ1) is 6.77. The zero-order chi connectivity index (χ0) is 9.97. The standard InChI is InChI=1S/C10H9N3O/c11-10(14)13-9-8-4-2-1-3-7(8)5-6-12-9/h1-6H,(H3,11,12,13,14). The summed E-state index contributed by atoms with van der Waals surface area (Å²) in [7, 11) is 0. The number of nitrogens with zero attached hydrogens (tertiary/aromatic N) is 1. The van der Waals surface area contributed by atoms with Gasteiger partial charge in [0.05, 0.1) is 0 Å². The van der Waals surface area contributed by atoms with Crippen molar-refractivity contribution >= 4 is 22.6 Å². The number of benzene rings is 1. The van der Waals surface area contributed by atoms with E-state index in [0.29, 0.717) is 5.82 Å². The fraction of sp³-hybridized carbons (Fsp3) is 0. The minimum atomic E-state index is -0.603. The Morgan fingerprint density at radius 1 is 1.29 bits per heavy atom. The molecule has 2 amide bonds. The van der Waals surface area contributed by atoms with E-state index in [1.54, 1.807) is 6.20 Å². The predicted octanol–water partition coefficient (Wildman–Crippen LogP) is 1.73. The van der Waals surface area contributed by atoms with Gasteiger partial charge in [0.15, 0.2) is 0 Å². The summed E-state index contributed by atoms with van der Waals surface area (Å²) < 4.78 is 0. The number of amides is 2. The highest BCUT2D eigenvalue weighted by molar-refractivity contribution is 5.99. The Labute approximate surface area is 80.7 Å². The van der Waals surface area contributed by atoms with Gasteiger partial charge in [0.2, 0.25) is 0 Å². The number of anilines is 1. The van der Waals surface area contributed by atoms with Crippen LogP contribution in [0.3, 0.4) is 0 Å². The summed E-state index contributed by atoms with van der Waals surface area (Å²) in [6, 6.07) is 8.92. The van der Waals surface area contributed by atoms with Crippen LogP contribution in [-0.2, 0) is 0 Å². The average molecular weight is 187 g/mol. The van der Waals surface area contributed by atoms with Crippen LogP contribution in [0.15, 0.2) is 36.5 Å². The monoisotopic (exact) mass is 187 g/mol. The summed E-state index contributed by atoms with van der Waals surface area (Å²) in [5, 5.41) is 4.38. The van der Waals surface area contributed by atoms with Crippen LogP contribution in [0.4, 0.5) is 10.6 Å². The van der Waals surface area contributed by atoms with E-state index in [-0.39, 0.29) is 0 Å². The summed E-state index contributed by atoms with van der Waals surface area (Å²) in [5.74, 6) is 0.496. The summed E-state index contributed by atoms with van der Waals surface area (Å²) in [6.45, 7) is 0. The van der Waals surface area contributed by atoms with Gasteiger partial charge in [-0.3, -0.25) is 5.32 Å². The van der Waals surface area contributed by atoms with Crippen LogP contribution in [0.5, 0.6) is 0 Å². The molecule has 2 aromatic rings. The van der Waals surface area contributed by atoms with Gasteiger partial charge in [-0.15, -0.1) is 0 Å². The van der Waals surface area contributed by atoms with Crippen LogP contribution in [-0.4, -0.2) is 11.0 Å². The summed E-state index contributed by atoms with van der Waals surface area (Å²) >= 11 is 0. The van der Waals surface area contributed by atoms with E-state index in [0.717, 1.165) is 10.8 Å². The largest absolute Gasteiger partial charge is 0.351 e. The summed E-state index contributed by atoms with van der Waals surface area (Å²) in [6.07, 6.45) is 1.63. The third-order valence-corrected chi connectivity index (χ3v) is 1.92. The lowest BCUT2D eigenvalue weighted by Gasteiger charge is -2.04. The minimum absolute atomic E-state index is 0.496. The molecule has 1 heterocycles. The number of rotatable bonds is 1. The first-order valence-corrected chi connectivity index (χ1v) is 4.17. The second-order valence-electron chi connectivity index (χ2n) is 2.87. The van der Waals surface area contributed by atoms with Gasteiger partial charge in [-0.25, -0.2) is 9.78 Å². The number of pyridine rings is 1. The number of hydrogen-bond donors (Lipinski definition) is 2. The van der Waals surface area contributed by atoms with Gasteiger partial charge < -0.3 is 5.73 Å². The Kier molecular flexibility index (Phi) is 2.02. The van der Waals surface area contributed by atoms with E-state index in [4.69, 9.17) is 5.73 Å². The quantitative estimate of drug-likeness (QED) is 0.713. The molecule has 0 saturated carbocycles. The molecule has 1 aromatic carbocycles. The molecular weight excluding hydrogens is 178 g/mol. The highest BCUT2D eigenvalue weighted by Crippen LogP contribution is 2.19. The second-order valence-corrected chi connectivity index (χ2v) is 2.87. The SMILES string of the molecule is NC(=O)Nc1nccc2ccccc12. The summed E-state index contributed by atoms with van der Waals surface area (Å²) in [5.41, 5.74) is 5.03. The molecule has 2 rings (SSSR count). The molecule has 0 atom stereocenters. The molecule has 0 aliphatic rings. The molecule has 4 heteroatoms. The van der Waals surface area contributed by atoms with E-state index in [1.165, 1.54) is 0 Å². The Balaban J connectivity index is 2.59. The number of primary amides is 1. The van der Waals surface area contributed by atoms with Crippen LogP contribution in [0.1, 0.15) is 0 Å². The number of urea groups is 1. The van der Waals surface area contributed by atoms with E-state index in [9.17, 15) is 4.79 Å². The smallest absolute Gasteiger partial charge is 0.317 e. The molecule has 0 spiro atoms. The molecule has 0 unspecified atom stereocenters. The molecule has 0 bridgehead atoms. The molecule has 0 radical (unpaired) electrons. The molecule has 4 nitrogen and oxygen atoms in total. The van der Waals surface area contributed by atoms with Crippen molar-refractivity contribution in [3.05, 3.63) is 36.5 Å². The van der Waals surface area contributed by atoms with Gasteiger partial charge in [-0.05, 0) is 11.5 Å². The first kappa shape index (κ1) is 8.50. The van der Waals surface area contributed by atoms with Crippen molar-refractivity contribution in [2.24, 2.45) is 5.73 Å². The lowest BCUT2D eigenvalue weighted by molar-refractivity contribution is 0.259. The zero-order valence-corrected chi connectivity index (χ0v) is 7.40. The van der Waals surface area contributed by atoms with E-state index >= 15 is 0 Å². The van der Waals surface area contributed by atoms with E-state index in [2.05, 4.69) is 10.3 Å². The van der Waals surface area contributed by atoms with Crippen molar-refractivity contribution in [2.75, 3.05) is 5.32 Å². The highest BCUT2D eigenvalue weighted by Gasteiger charge is 2.02. The Morgan fingerprint density at radius 2 is 2.07 bits per heavy atom. The second kappa shape index (κ2) is 3.33. The number of nitrogens with one attached hydrogen (secondary N) is 1. The third kappa shape index (κ3) is 1.50. The number of fused-ring (bicyclic) bond motifs is 1. The van der Waals surface area contributed by atoms with Crippen molar-refractivity contribution in [3.63, 3.8) is 0 Å². The van der Waals surface area contributed by atoms with Gasteiger partial charge in [0.1, 0.15) is 5.82 Å². The van der Waals surface area contributed by atoms with Gasteiger partial charge in [-0.2, -0.15) is 0 Å². The molecule has 0 aliphatic heterocycles. The lowest BCUT2D eigenvalue weighted by Crippen LogP contribution is -2.20. The first-order valence-electron chi connectivity index (χ1n) is 4.17. The molecule has 0 fully saturated rings. The number of aromatic nitrogens is 1. The van der Waals surface area contributed by atoms with Crippen LogP contribution in [0.25, 0.3) is 10.8 Å². The van der Waals surface area contributed by atoms with Crippen molar-refractivity contribution in [2.45, 2.75) is 0 Å². The predicted molar refractivity (Wildman–Crippen MR) is 54.9 cm³/mol. The number of nitrogens with two attached hydrogens (primary N) is 1. The maximum atomic E-state index is 10.7. The summed E-state index contributed by atoms with van der Waals surface area (Å²) in [4.78, 5) is 14.7. The lowest BCUT2D eigenvalue weighted by atomic mass is 10.1. The highest BCUT2D eigenvalue weighted by atomic mass is 16.2. The molecule has 0 saturated heterocycles. The van der Waals surface area contributed by atoms with Crippen molar-refractivity contribution < 1.29 is 4.79 Å². The Morgan fingerprint density at radius 3 is 2.86 bits per heavy atom. The van der Waals surface area contributed by atoms with Crippen molar-refractivity contribution in [1.82, 2.24) is 4.98 Å². The Hall–Kier alpha value is -2.10. The van der Waals surface area contributed by atoms with E-state index in [1.807, 2.05) is 30.3 Å². The fourth-order valence-corrected chi connectivity index (χ4v) is 1.34. The number of carbonyl (C=O) groups is 1. The van der Waals surface area contributed by atoms with Crippen LogP contribution >= 0.6 is 0 Å². The Bertz CT molecular complexity index is 476. The van der Waals surface area contributed by atoms with Crippen molar-refractivity contribution in [1.29, 1.82) is 0 Å². The van der Waals surface area contributed by atoms with Crippen molar-refractivity contribution in [3.8, 4) is 0 Å². The maximum Gasteiger partial charge on any atom is 0.317 e. The van der Waals surface area contributed by atoms with Crippen LogP contribution < -0.4 is 11.1 Å². The van der Waals surface area contributed by atoms with Gasteiger partial charge in [-0.1, -0.05) is 24.3 Å². The number of hydrogen-bond acceptors (Lipinski definition) is 2. The van der Waals surface area contributed by atoms with Gasteiger partial charge in [0.25, 0.3) is 0 Å². The van der Waals surface area contributed by atoms with Gasteiger partial charge in [0, 0.05) is 11.6 Å². The van der Waals surface area contributed by atoms with Crippen LogP contribution in [0, 0.1) is 0 Å². The number of carbonyl (C=O) groups excluding carboxylic acids is 1. The van der Waals surface area contributed by atoms with E-state index < -0.39 is 6.03 Å². The molecule has 0 aliphatic carbocycles. The molecule has 3 N–H and O–H groups in total. The normalized spacial score (nSPS) is 10.0.